The lowest BCUT2D eigenvalue weighted by molar-refractivity contribution is -0.116. The van der Waals surface area contributed by atoms with Gasteiger partial charge in [-0.1, -0.05) is 18.0 Å². The number of amides is 1. The second kappa shape index (κ2) is 8.24. The van der Waals surface area contributed by atoms with Crippen molar-refractivity contribution in [2.45, 2.75) is 30.7 Å². The first-order valence-electron chi connectivity index (χ1n) is 8.62. The predicted molar refractivity (Wildman–Crippen MR) is 103 cm³/mol. The number of nitrogens with one attached hydrogen (secondary N) is 1. The molecule has 0 radical (unpaired) electrons. The van der Waals surface area contributed by atoms with Crippen molar-refractivity contribution in [3.05, 3.63) is 58.0 Å². The Kier molecular flexibility index (Phi) is 5.98. The molecule has 2 aromatic rings. The Bertz CT molecular complexity index is 980. The molecule has 1 fully saturated rings. The van der Waals surface area contributed by atoms with Gasteiger partial charge in [0.25, 0.3) is 5.56 Å². The number of hydrogen-bond acceptors (Lipinski definition) is 4. The molecule has 7 nitrogen and oxygen atoms in total. The van der Waals surface area contributed by atoms with Crippen molar-refractivity contribution >= 4 is 33.2 Å². The van der Waals surface area contributed by atoms with Crippen molar-refractivity contribution < 1.29 is 13.2 Å². The van der Waals surface area contributed by atoms with Gasteiger partial charge in [-0.15, -0.1) is 0 Å². The van der Waals surface area contributed by atoms with Crippen LogP contribution in [0.5, 0.6) is 0 Å². The Labute approximate surface area is 162 Å². The van der Waals surface area contributed by atoms with E-state index >= 15 is 0 Å². The summed E-state index contributed by atoms with van der Waals surface area (Å²) in [5, 5.41) is 3.19. The molecular formula is C18H20ClN3O4S. The molecule has 2 heterocycles. The molecule has 27 heavy (non-hydrogen) atoms. The third-order valence-electron chi connectivity index (χ3n) is 4.35. The Morgan fingerprint density at radius 1 is 1.04 bits per heavy atom. The molecule has 0 spiro atoms. The minimum atomic E-state index is -3.67. The summed E-state index contributed by atoms with van der Waals surface area (Å²) < 4.78 is 28.0. The smallest absolute Gasteiger partial charge is 0.251 e. The maximum absolute atomic E-state index is 12.8. The summed E-state index contributed by atoms with van der Waals surface area (Å²) >= 11 is 5.80. The third-order valence-corrected chi connectivity index (χ3v) is 6.49. The topological polar surface area (TPSA) is 88.5 Å². The van der Waals surface area contributed by atoms with Crippen molar-refractivity contribution in [2.75, 3.05) is 18.4 Å². The van der Waals surface area contributed by atoms with E-state index in [2.05, 4.69) is 5.32 Å². The van der Waals surface area contributed by atoms with Crippen LogP contribution in [-0.4, -0.2) is 36.3 Å². The average molecular weight is 410 g/mol. The van der Waals surface area contributed by atoms with E-state index in [9.17, 15) is 18.0 Å². The van der Waals surface area contributed by atoms with Gasteiger partial charge in [-0.2, -0.15) is 4.31 Å². The molecular weight excluding hydrogens is 390 g/mol. The van der Waals surface area contributed by atoms with E-state index in [4.69, 9.17) is 11.6 Å². The van der Waals surface area contributed by atoms with Gasteiger partial charge < -0.3 is 9.88 Å². The van der Waals surface area contributed by atoms with Gasteiger partial charge in [-0.05, 0) is 43.2 Å². The van der Waals surface area contributed by atoms with Crippen LogP contribution in [0.25, 0.3) is 0 Å². The number of benzene rings is 1. The van der Waals surface area contributed by atoms with Crippen molar-refractivity contribution in [1.82, 2.24) is 8.87 Å². The highest BCUT2D eigenvalue weighted by Gasteiger charge is 2.26. The number of hydrogen-bond donors (Lipinski definition) is 1. The number of sulfonamides is 1. The van der Waals surface area contributed by atoms with Crippen LogP contribution in [0, 0.1) is 0 Å². The maximum atomic E-state index is 12.8. The van der Waals surface area contributed by atoms with E-state index in [-0.39, 0.29) is 11.4 Å². The molecule has 0 aliphatic carbocycles. The fourth-order valence-electron chi connectivity index (χ4n) is 2.93. The second-order valence-corrected chi connectivity index (χ2v) is 8.73. The molecule has 1 aromatic carbocycles. The van der Waals surface area contributed by atoms with Crippen LogP contribution in [0.1, 0.15) is 19.3 Å². The average Bonchev–Trinajstić information content (AvgIpc) is 2.66. The number of halogens is 1. The van der Waals surface area contributed by atoms with Gasteiger partial charge in [0.2, 0.25) is 15.9 Å². The molecule has 0 bridgehead atoms. The zero-order valence-electron chi connectivity index (χ0n) is 14.6. The summed E-state index contributed by atoms with van der Waals surface area (Å²) in [7, 11) is -3.67. The molecule has 0 unspecified atom stereocenters. The second-order valence-electron chi connectivity index (χ2n) is 6.35. The summed E-state index contributed by atoms with van der Waals surface area (Å²) in [5.74, 6) is -0.438. The third kappa shape index (κ3) is 4.77. The first-order chi connectivity index (χ1) is 12.9. The van der Waals surface area contributed by atoms with E-state index in [1.807, 2.05) is 0 Å². The fraction of sp³-hybridized carbons (Fsp3) is 0.333. The number of carbonyl (C=O) groups excluding carboxylic acids is 1. The van der Waals surface area contributed by atoms with Gasteiger partial charge >= 0.3 is 0 Å². The van der Waals surface area contributed by atoms with E-state index in [0.29, 0.717) is 23.8 Å². The number of carbonyl (C=O) groups is 1. The van der Waals surface area contributed by atoms with Gasteiger partial charge in [0.15, 0.2) is 0 Å². The zero-order chi connectivity index (χ0) is 19.4. The number of rotatable bonds is 5. The summed E-state index contributed by atoms with van der Waals surface area (Å²) in [6, 6.07) is 9.01. The molecule has 1 amide bonds. The molecule has 1 saturated heterocycles. The highest BCUT2D eigenvalue weighted by Crippen LogP contribution is 2.19. The number of pyridine rings is 1. The van der Waals surface area contributed by atoms with Crippen LogP contribution in [-0.2, 0) is 21.4 Å². The molecule has 9 heteroatoms. The van der Waals surface area contributed by atoms with E-state index in [1.165, 1.54) is 22.6 Å². The van der Waals surface area contributed by atoms with E-state index in [1.54, 1.807) is 24.3 Å². The van der Waals surface area contributed by atoms with Gasteiger partial charge in [0, 0.05) is 36.1 Å². The minimum Gasteiger partial charge on any atom is -0.325 e. The van der Waals surface area contributed by atoms with Gasteiger partial charge in [-0.25, -0.2) is 8.42 Å². The van der Waals surface area contributed by atoms with Crippen LogP contribution in [0.4, 0.5) is 5.69 Å². The number of piperidine rings is 1. The Hall–Kier alpha value is -2.16. The largest absolute Gasteiger partial charge is 0.325 e. The van der Waals surface area contributed by atoms with Gasteiger partial charge in [0.05, 0.1) is 4.90 Å². The normalized spacial score (nSPS) is 15.4. The van der Waals surface area contributed by atoms with Crippen LogP contribution >= 0.6 is 11.6 Å². The summed E-state index contributed by atoms with van der Waals surface area (Å²) in [6.07, 6.45) is 3.88. The van der Waals surface area contributed by atoms with Gasteiger partial charge in [-0.3, -0.25) is 9.59 Å². The van der Waals surface area contributed by atoms with E-state index in [0.717, 1.165) is 23.8 Å². The predicted octanol–water partition coefficient (Wildman–Crippen LogP) is 2.32. The summed E-state index contributed by atoms with van der Waals surface area (Å²) in [5.41, 5.74) is 0.0911. The first kappa shape index (κ1) is 19.6. The Balaban J connectivity index is 1.77. The highest BCUT2D eigenvalue weighted by molar-refractivity contribution is 7.89. The first-order valence-corrected chi connectivity index (χ1v) is 10.4. The summed E-state index contributed by atoms with van der Waals surface area (Å²) in [4.78, 5) is 24.3. The maximum Gasteiger partial charge on any atom is 0.251 e. The molecule has 3 rings (SSSR count). The van der Waals surface area contributed by atoms with Crippen LogP contribution in [0.2, 0.25) is 5.02 Å². The Morgan fingerprint density at radius 2 is 1.70 bits per heavy atom. The molecule has 1 N–H and O–H groups in total. The van der Waals surface area contributed by atoms with Crippen molar-refractivity contribution in [3.8, 4) is 0 Å². The van der Waals surface area contributed by atoms with Crippen LogP contribution in [0.15, 0.2) is 52.3 Å². The van der Waals surface area contributed by atoms with Crippen molar-refractivity contribution in [3.63, 3.8) is 0 Å². The standard InChI is InChI=1S/C18H20ClN3O4S/c19-14-4-6-15(7-5-14)20-17(23)13-21-12-16(8-9-18(21)24)27(25,26)22-10-2-1-3-11-22/h4-9,12H,1-3,10-11,13H2,(H,20,23). The Morgan fingerprint density at radius 3 is 2.37 bits per heavy atom. The monoisotopic (exact) mass is 409 g/mol. The quantitative estimate of drug-likeness (QED) is 0.820. The van der Waals surface area contributed by atoms with Crippen LogP contribution < -0.4 is 10.9 Å². The molecule has 1 aliphatic rings. The zero-order valence-corrected chi connectivity index (χ0v) is 16.2. The van der Waals surface area contributed by atoms with Crippen molar-refractivity contribution in [2.24, 2.45) is 0 Å². The summed E-state index contributed by atoms with van der Waals surface area (Å²) in [6.45, 7) is 0.655. The number of aromatic nitrogens is 1. The molecule has 1 aromatic heterocycles. The number of anilines is 1. The highest BCUT2D eigenvalue weighted by atomic mass is 35.5. The molecule has 1 aliphatic heterocycles. The lowest BCUT2D eigenvalue weighted by Gasteiger charge is -2.26. The molecule has 0 atom stereocenters. The lowest BCUT2D eigenvalue weighted by atomic mass is 10.2. The van der Waals surface area contributed by atoms with Crippen LogP contribution in [0.3, 0.4) is 0 Å². The number of nitrogens with zero attached hydrogens (tertiary/aromatic N) is 2. The molecule has 144 valence electrons. The molecule has 0 saturated carbocycles. The van der Waals surface area contributed by atoms with Crippen molar-refractivity contribution in [1.29, 1.82) is 0 Å². The fourth-order valence-corrected chi connectivity index (χ4v) is 4.59. The lowest BCUT2D eigenvalue weighted by Crippen LogP contribution is -2.36. The minimum absolute atomic E-state index is 0.0169. The SMILES string of the molecule is O=C(Cn1cc(S(=O)(=O)N2CCCCC2)ccc1=O)Nc1ccc(Cl)cc1. The van der Waals surface area contributed by atoms with E-state index < -0.39 is 21.5 Å². The van der Waals surface area contributed by atoms with Gasteiger partial charge in [0.1, 0.15) is 6.54 Å².